The van der Waals surface area contributed by atoms with Gasteiger partial charge < -0.3 is 9.80 Å². The second kappa shape index (κ2) is 6.18. The molecule has 0 aromatic heterocycles. The van der Waals surface area contributed by atoms with Gasteiger partial charge in [-0.2, -0.15) is 0 Å². The fourth-order valence-corrected chi connectivity index (χ4v) is 3.81. The molecule has 1 aliphatic carbocycles. The van der Waals surface area contributed by atoms with Gasteiger partial charge >= 0.3 is 0 Å². The zero-order valence-electron chi connectivity index (χ0n) is 13.2. The normalized spacial score (nSPS) is 23.2. The molecule has 1 aromatic rings. The second-order valence-electron chi connectivity index (χ2n) is 6.75. The molecule has 2 aliphatic rings. The van der Waals surface area contributed by atoms with Gasteiger partial charge in [0.2, 0.25) is 5.91 Å². The Bertz CT molecular complexity index is 487. The van der Waals surface area contributed by atoms with Gasteiger partial charge in [-0.15, -0.1) is 0 Å². The molecule has 3 nitrogen and oxygen atoms in total. The first-order chi connectivity index (χ1) is 10.1. The van der Waals surface area contributed by atoms with E-state index in [1.54, 1.807) is 0 Å². The zero-order chi connectivity index (χ0) is 14.8. The fraction of sp³-hybridized carbons (Fsp3) is 0.611. The van der Waals surface area contributed by atoms with Crippen molar-refractivity contribution in [1.29, 1.82) is 0 Å². The van der Waals surface area contributed by atoms with Gasteiger partial charge in [0.15, 0.2) is 0 Å². The quantitative estimate of drug-likeness (QED) is 0.833. The van der Waals surface area contributed by atoms with Gasteiger partial charge in [0, 0.05) is 25.0 Å². The molecule has 1 fully saturated rings. The Morgan fingerprint density at radius 1 is 1.10 bits per heavy atom. The molecule has 0 spiro atoms. The van der Waals surface area contributed by atoms with Crippen LogP contribution in [0.25, 0.3) is 0 Å². The molecule has 1 aromatic carbocycles. The summed E-state index contributed by atoms with van der Waals surface area (Å²) < 4.78 is 0. The van der Waals surface area contributed by atoms with E-state index in [0.717, 1.165) is 38.8 Å². The van der Waals surface area contributed by atoms with E-state index in [2.05, 4.69) is 48.2 Å². The van der Waals surface area contributed by atoms with Crippen LogP contribution in [0.5, 0.6) is 0 Å². The van der Waals surface area contributed by atoms with Crippen molar-refractivity contribution in [2.24, 2.45) is 5.92 Å². The van der Waals surface area contributed by atoms with Crippen LogP contribution in [0.15, 0.2) is 24.3 Å². The molecule has 0 N–H and O–H groups in total. The lowest BCUT2D eigenvalue weighted by Crippen LogP contribution is -2.38. The molecule has 21 heavy (non-hydrogen) atoms. The van der Waals surface area contributed by atoms with Crippen LogP contribution >= 0.6 is 0 Å². The number of nitrogens with zero attached hydrogens (tertiary/aromatic N) is 2. The predicted octanol–water partition coefficient (Wildman–Crippen LogP) is 2.34. The van der Waals surface area contributed by atoms with Gasteiger partial charge in [-0.1, -0.05) is 24.3 Å². The smallest absolute Gasteiger partial charge is 0.226 e. The highest BCUT2D eigenvalue weighted by Gasteiger charge is 2.31. The molecule has 0 bridgehead atoms. The number of fused-ring (bicyclic) bond motifs is 1. The Balaban J connectivity index is 1.62. The first kappa shape index (κ1) is 14.6. The molecule has 1 heterocycles. The summed E-state index contributed by atoms with van der Waals surface area (Å²) in [4.78, 5) is 17.2. The van der Waals surface area contributed by atoms with E-state index < -0.39 is 0 Å². The number of carbonyl (C=O) groups excluding carboxylic acids is 1. The first-order valence-corrected chi connectivity index (χ1v) is 8.17. The van der Waals surface area contributed by atoms with Crippen molar-refractivity contribution in [3.05, 3.63) is 35.4 Å². The lowest BCUT2D eigenvalue weighted by molar-refractivity contribution is -0.135. The fourth-order valence-electron chi connectivity index (χ4n) is 3.81. The maximum absolute atomic E-state index is 12.8. The van der Waals surface area contributed by atoms with Crippen LogP contribution < -0.4 is 0 Å². The number of likely N-dealkylation sites (tertiary alicyclic amines) is 1. The zero-order valence-corrected chi connectivity index (χ0v) is 13.2. The number of hydrogen-bond donors (Lipinski definition) is 0. The van der Waals surface area contributed by atoms with E-state index in [9.17, 15) is 4.79 Å². The molecule has 0 radical (unpaired) electrons. The van der Waals surface area contributed by atoms with Crippen molar-refractivity contribution >= 4 is 5.91 Å². The Kier molecular flexibility index (Phi) is 4.29. The third-order valence-electron chi connectivity index (χ3n) is 5.14. The Morgan fingerprint density at radius 2 is 1.76 bits per heavy atom. The monoisotopic (exact) mass is 286 g/mol. The highest BCUT2D eigenvalue weighted by Crippen LogP contribution is 2.28. The molecule has 1 saturated heterocycles. The van der Waals surface area contributed by atoms with Crippen molar-refractivity contribution in [2.75, 3.05) is 27.2 Å². The molecule has 0 unspecified atom stereocenters. The molecular formula is C18H26N2O. The minimum atomic E-state index is 0.179. The van der Waals surface area contributed by atoms with E-state index in [4.69, 9.17) is 0 Å². The molecule has 3 rings (SSSR count). The molecule has 0 saturated carbocycles. The topological polar surface area (TPSA) is 23.6 Å². The van der Waals surface area contributed by atoms with Crippen LogP contribution in [0.4, 0.5) is 0 Å². The number of carbonyl (C=O) groups is 1. The number of benzene rings is 1. The molecule has 1 amide bonds. The van der Waals surface area contributed by atoms with Crippen LogP contribution in [0, 0.1) is 5.92 Å². The standard InChI is InChI=1S/C18H26N2O/c1-19(2)17-8-5-10-20(11-9-17)18(21)16-12-14-6-3-4-7-15(14)13-16/h3-4,6-7,16-17H,5,8-13H2,1-2H3/t17-/m1/s1. The SMILES string of the molecule is CN(C)[C@@H]1CCCN(C(=O)C2Cc3ccccc3C2)CC1. The lowest BCUT2D eigenvalue weighted by atomic mass is 10.0. The van der Waals surface area contributed by atoms with Gasteiger partial charge in [-0.25, -0.2) is 0 Å². The van der Waals surface area contributed by atoms with Crippen LogP contribution in [-0.2, 0) is 17.6 Å². The predicted molar refractivity (Wildman–Crippen MR) is 85.2 cm³/mol. The Hall–Kier alpha value is -1.35. The van der Waals surface area contributed by atoms with Crippen LogP contribution in [0.2, 0.25) is 0 Å². The summed E-state index contributed by atoms with van der Waals surface area (Å²) in [5.41, 5.74) is 2.74. The Morgan fingerprint density at radius 3 is 2.38 bits per heavy atom. The summed E-state index contributed by atoms with van der Waals surface area (Å²) in [6.45, 7) is 1.87. The summed E-state index contributed by atoms with van der Waals surface area (Å²) >= 11 is 0. The van der Waals surface area contributed by atoms with E-state index >= 15 is 0 Å². The number of rotatable bonds is 2. The maximum Gasteiger partial charge on any atom is 0.226 e. The molecule has 1 aliphatic heterocycles. The average Bonchev–Trinajstić information content (AvgIpc) is 2.75. The van der Waals surface area contributed by atoms with E-state index in [1.807, 2.05) is 0 Å². The maximum atomic E-state index is 12.8. The van der Waals surface area contributed by atoms with Gasteiger partial charge in [0.1, 0.15) is 0 Å². The molecule has 114 valence electrons. The van der Waals surface area contributed by atoms with Crippen LogP contribution in [0.1, 0.15) is 30.4 Å². The Labute approximate surface area is 127 Å². The van der Waals surface area contributed by atoms with Gasteiger partial charge in [-0.3, -0.25) is 4.79 Å². The van der Waals surface area contributed by atoms with Crippen molar-refractivity contribution in [1.82, 2.24) is 9.80 Å². The second-order valence-corrected chi connectivity index (χ2v) is 6.75. The molecule has 3 heteroatoms. The van der Waals surface area contributed by atoms with Crippen LogP contribution in [-0.4, -0.2) is 48.9 Å². The van der Waals surface area contributed by atoms with Crippen molar-refractivity contribution in [3.8, 4) is 0 Å². The van der Waals surface area contributed by atoms with Crippen molar-refractivity contribution < 1.29 is 4.79 Å². The molecule has 1 atom stereocenters. The minimum Gasteiger partial charge on any atom is -0.342 e. The number of hydrogen-bond acceptors (Lipinski definition) is 2. The van der Waals surface area contributed by atoms with E-state index in [1.165, 1.54) is 17.5 Å². The van der Waals surface area contributed by atoms with Gasteiger partial charge in [0.05, 0.1) is 0 Å². The third kappa shape index (κ3) is 3.13. The summed E-state index contributed by atoms with van der Waals surface area (Å²) in [6, 6.07) is 9.14. The lowest BCUT2D eigenvalue weighted by Gasteiger charge is -2.25. The first-order valence-electron chi connectivity index (χ1n) is 8.17. The third-order valence-corrected chi connectivity index (χ3v) is 5.14. The average molecular weight is 286 g/mol. The summed E-state index contributed by atoms with van der Waals surface area (Å²) in [5, 5.41) is 0. The largest absolute Gasteiger partial charge is 0.342 e. The van der Waals surface area contributed by atoms with Crippen molar-refractivity contribution in [2.45, 2.75) is 38.1 Å². The highest BCUT2D eigenvalue weighted by molar-refractivity contribution is 5.80. The van der Waals surface area contributed by atoms with Gasteiger partial charge in [-0.05, 0) is 57.3 Å². The number of amides is 1. The van der Waals surface area contributed by atoms with E-state index in [-0.39, 0.29) is 5.92 Å². The minimum absolute atomic E-state index is 0.179. The van der Waals surface area contributed by atoms with Crippen LogP contribution in [0.3, 0.4) is 0 Å². The van der Waals surface area contributed by atoms with E-state index in [0.29, 0.717) is 11.9 Å². The summed E-state index contributed by atoms with van der Waals surface area (Å²) in [6.07, 6.45) is 5.32. The van der Waals surface area contributed by atoms with Crippen molar-refractivity contribution in [3.63, 3.8) is 0 Å². The van der Waals surface area contributed by atoms with Gasteiger partial charge in [0.25, 0.3) is 0 Å². The summed E-state index contributed by atoms with van der Waals surface area (Å²) in [7, 11) is 4.30. The highest BCUT2D eigenvalue weighted by atomic mass is 16.2. The molecular weight excluding hydrogens is 260 g/mol. The summed E-state index contributed by atoms with van der Waals surface area (Å²) in [5.74, 6) is 0.559.